The molecule has 0 saturated carbocycles. The zero-order valence-electron chi connectivity index (χ0n) is 12.0. The fraction of sp³-hybridized carbons (Fsp3) is 0.500. The molecule has 2 aromatic heterocycles. The maximum Gasteiger partial charge on any atom is 0.242 e. The summed E-state index contributed by atoms with van der Waals surface area (Å²) in [6, 6.07) is 1.16. The first-order valence-electron chi connectivity index (χ1n) is 6.69. The number of aromatic nitrogens is 3. The van der Waals surface area contributed by atoms with Crippen LogP contribution in [-0.4, -0.2) is 30.1 Å². The van der Waals surface area contributed by atoms with E-state index in [4.69, 9.17) is 0 Å². The fourth-order valence-electron chi connectivity index (χ4n) is 1.85. The lowest BCUT2D eigenvalue weighted by atomic mass is 10.3. The molecule has 0 aliphatic heterocycles. The fourth-order valence-corrected chi connectivity index (χ4v) is 4.47. The van der Waals surface area contributed by atoms with Crippen molar-refractivity contribution < 1.29 is 8.42 Å². The van der Waals surface area contributed by atoms with Crippen LogP contribution in [0.4, 0.5) is 0 Å². The minimum Gasteiger partial charge on any atom is -0.312 e. The van der Waals surface area contributed by atoms with Crippen LogP contribution in [0.3, 0.4) is 0 Å². The Morgan fingerprint density at radius 1 is 1.48 bits per heavy atom. The van der Waals surface area contributed by atoms with E-state index in [1.165, 1.54) is 17.7 Å². The molecule has 1 atom stereocenters. The molecule has 0 aliphatic rings. The molecule has 2 heterocycles. The van der Waals surface area contributed by atoms with Crippen LogP contribution in [0.15, 0.2) is 22.7 Å². The zero-order chi connectivity index (χ0) is 15.3. The third kappa shape index (κ3) is 4.10. The highest BCUT2D eigenvalue weighted by Gasteiger charge is 2.23. The van der Waals surface area contributed by atoms with Gasteiger partial charge in [0.25, 0.3) is 0 Å². The number of hydrogen-bond acceptors (Lipinski definition) is 6. The maximum atomic E-state index is 12.5. The van der Waals surface area contributed by atoms with E-state index in [-0.39, 0.29) is 0 Å². The van der Waals surface area contributed by atoms with E-state index in [1.54, 1.807) is 18.4 Å². The van der Waals surface area contributed by atoms with Crippen molar-refractivity contribution >= 4 is 21.4 Å². The van der Waals surface area contributed by atoms with Crippen molar-refractivity contribution in [1.82, 2.24) is 25.2 Å². The van der Waals surface area contributed by atoms with Crippen molar-refractivity contribution in [3.05, 3.63) is 28.5 Å². The lowest BCUT2D eigenvalue weighted by molar-refractivity contribution is 0.558. The smallest absolute Gasteiger partial charge is 0.242 e. The molecule has 116 valence electrons. The van der Waals surface area contributed by atoms with Crippen LogP contribution in [0.2, 0.25) is 0 Å². The Morgan fingerprint density at radius 3 is 2.95 bits per heavy atom. The summed E-state index contributed by atoms with van der Waals surface area (Å²) in [7, 11) is -3.58. The van der Waals surface area contributed by atoms with E-state index in [9.17, 15) is 8.42 Å². The third-order valence-corrected chi connectivity index (χ3v) is 5.56. The zero-order valence-corrected chi connectivity index (χ0v) is 13.6. The minimum atomic E-state index is -3.58. The molecule has 0 aromatic carbocycles. The number of nitrogens with zero attached hydrogens (tertiary/aromatic N) is 2. The molecule has 0 radical (unpaired) electrons. The van der Waals surface area contributed by atoms with Gasteiger partial charge in [0, 0.05) is 11.4 Å². The van der Waals surface area contributed by atoms with Crippen LogP contribution in [0.25, 0.3) is 0 Å². The first kappa shape index (κ1) is 16.1. The summed E-state index contributed by atoms with van der Waals surface area (Å²) in [6.45, 7) is 5.21. The van der Waals surface area contributed by atoms with Gasteiger partial charge < -0.3 is 5.32 Å². The van der Waals surface area contributed by atoms with Crippen LogP contribution in [0.1, 0.15) is 37.0 Å². The Labute approximate surface area is 128 Å². The SMILES string of the molecule is CCCNCc1sccc1S(=O)(=O)NC(C)c1ncn[nH]1. The molecular formula is C12H19N5O2S2. The van der Waals surface area contributed by atoms with E-state index in [2.05, 4.69) is 32.1 Å². The van der Waals surface area contributed by atoms with E-state index < -0.39 is 16.1 Å². The van der Waals surface area contributed by atoms with E-state index >= 15 is 0 Å². The standard InChI is InChI=1S/C12H19N5O2S2/c1-3-5-13-7-10-11(4-6-20-10)21(18,19)17-9(2)12-14-8-15-16-12/h4,6,8-9,13,17H,3,5,7H2,1-2H3,(H,14,15,16). The average Bonchev–Trinajstić information content (AvgIpc) is 3.10. The van der Waals surface area contributed by atoms with Gasteiger partial charge in [-0.05, 0) is 31.3 Å². The monoisotopic (exact) mass is 329 g/mol. The number of H-pyrrole nitrogens is 1. The van der Waals surface area contributed by atoms with Gasteiger partial charge in [-0.25, -0.2) is 18.1 Å². The maximum absolute atomic E-state index is 12.5. The average molecular weight is 329 g/mol. The van der Waals surface area contributed by atoms with Gasteiger partial charge in [-0.2, -0.15) is 5.10 Å². The van der Waals surface area contributed by atoms with Crippen LogP contribution in [0.5, 0.6) is 0 Å². The van der Waals surface area contributed by atoms with Gasteiger partial charge >= 0.3 is 0 Å². The van der Waals surface area contributed by atoms with Gasteiger partial charge in [-0.1, -0.05) is 6.92 Å². The van der Waals surface area contributed by atoms with Crippen LogP contribution in [-0.2, 0) is 16.6 Å². The Hall–Kier alpha value is -1.29. The van der Waals surface area contributed by atoms with Crippen LogP contribution in [0, 0.1) is 0 Å². The van der Waals surface area contributed by atoms with Gasteiger partial charge in [-0.15, -0.1) is 11.3 Å². The van der Waals surface area contributed by atoms with Gasteiger partial charge in [0.15, 0.2) is 0 Å². The van der Waals surface area contributed by atoms with Gasteiger partial charge in [0.1, 0.15) is 12.2 Å². The first-order valence-corrected chi connectivity index (χ1v) is 9.05. The molecule has 0 fully saturated rings. The summed E-state index contributed by atoms with van der Waals surface area (Å²) in [5.41, 5.74) is 0. The number of thiophene rings is 1. The number of aromatic amines is 1. The second-order valence-corrected chi connectivity index (χ2v) is 7.28. The molecule has 0 spiro atoms. The molecule has 7 nitrogen and oxygen atoms in total. The Bertz CT molecular complexity index is 651. The van der Waals surface area contributed by atoms with E-state index in [0.29, 0.717) is 17.3 Å². The number of sulfonamides is 1. The highest BCUT2D eigenvalue weighted by Crippen LogP contribution is 2.23. The molecule has 9 heteroatoms. The second kappa shape index (κ2) is 7.12. The van der Waals surface area contributed by atoms with Crippen LogP contribution < -0.4 is 10.0 Å². The normalized spacial score (nSPS) is 13.4. The van der Waals surface area contributed by atoms with Crippen molar-refractivity contribution in [2.24, 2.45) is 0 Å². The largest absolute Gasteiger partial charge is 0.312 e. The van der Waals surface area contributed by atoms with Crippen molar-refractivity contribution in [1.29, 1.82) is 0 Å². The van der Waals surface area contributed by atoms with E-state index in [0.717, 1.165) is 17.8 Å². The van der Waals surface area contributed by atoms with Gasteiger partial charge in [0.05, 0.1) is 10.9 Å². The summed E-state index contributed by atoms with van der Waals surface area (Å²) in [5.74, 6) is 0.486. The van der Waals surface area contributed by atoms with Gasteiger partial charge in [0.2, 0.25) is 10.0 Å². The minimum absolute atomic E-state index is 0.322. The van der Waals surface area contributed by atoms with Crippen molar-refractivity contribution in [2.45, 2.75) is 37.8 Å². The Morgan fingerprint density at radius 2 is 2.29 bits per heavy atom. The third-order valence-electron chi connectivity index (χ3n) is 2.88. The highest BCUT2D eigenvalue weighted by atomic mass is 32.2. The number of nitrogens with one attached hydrogen (secondary N) is 3. The molecule has 3 N–H and O–H groups in total. The summed E-state index contributed by atoms with van der Waals surface area (Å²) in [5, 5.41) is 11.4. The molecule has 21 heavy (non-hydrogen) atoms. The predicted octanol–water partition coefficient (Wildman–Crippen LogP) is 1.41. The van der Waals surface area contributed by atoms with Crippen molar-refractivity contribution in [2.75, 3.05) is 6.54 Å². The lowest BCUT2D eigenvalue weighted by Crippen LogP contribution is -2.28. The second-order valence-electron chi connectivity index (χ2n) is 4.60. The van der Waals surface area contributed by atoms with Crippen LogP contribution >= 0.6 is 11.3 Å². The molecule has 1 unspecified atom stereocenters. The summed E-state index contributed by atoms with van der Waals surface area (Å²) in [6.07, 6.45) is 2.36. The molecular weight excluding hydrogens is 310 g/mol. The number of hydrogen-bond donors (Lipinski definition) is 3. The summed E-state index contributed by atoms with van der Waals surface area (Å²) >= 11 is 1.43. The summed E-state index contributed by atoms with van der Waals surface area (Å²) in [4.78, 5) is 5.09. The van der Waals surface area contributed by atoms with Crippen molar-refractivity contribution in [3.63, 3.8) is 0 Å². The molecule has 2 aromatic rings. The quantitative estimate of drug-likeness (QED) is 0.636. The number of rotatable bonds is 8. The van der Waals surface area contributed by atoms with Gasteiger partial charge in [-0.3, -0.25) is 5.10 Å². The molecule has 0 amide bonds. The molecule has 0 saturated heterocycles. The highest BCUT2D eigenvalue weighted by molar-refractivity contribution is 7.89. The van der Waals surface area contributed by atoms with Crippen molar-refractivity contribution in [3.8, 4) is 0 Å². The molecule has 0 bridgehead atoms. The lowest BCUT2D eigenvalue weighted by Gasteiger charge is -2.12. The first-order chi connectivity index (χ1) is 10.0. The summed E-state index contributed by atoms with van der Waals surface area (Å²) < 4.78 is 27.5. The van der Waals surface area contributed by atoms with E-state index in [1.807, 2.05) is 0 Å². The predicted molar refractivity (Wildman–Crippen MR) is 81.4 cm³/mol. The Balaban J connectivity index is 2.11. The topological polar surface area (TPSA) is 99.8 Å². The Kier molecular flexibility index (Phi) is 5.45. The molecule has 0 aliphatic carbocycles. The molecule has 2 rings (SSSR count).